The van der Waals surface area contributed by atoms with Crippen LogP contribution in [0.1, 0.15) is 15.9 Å². The molecule has 0 unspecified atom stereocenters. The number of alkyl halides is 1. The Kier molecular flexibility index (Phi) is 4.02. The van der Waals surface area contributed by atoms with Crippen molar-refractivity contribution in [3.63, 3.8) is 0 Å². The van der Waals surface area contributed by atoms with Gasteiger partial charge in [0.25, 0.3) is 5.91 Å². The van der Waals surface area contributed by atoms with E-state index in [0.717, 1.165) is 11.6 Å². The van der Waals surface area contributed by atoms with Gasteiger partial charge in [-0.2, -0.15) is 0 Å². The lowest BCUT2D eigenvalue weighted by molar-refractivity contribution is 0.102. The van der Waals surface area contributed by atoms with Crippen molar-refractivity contribution < 1.29 is 14.3 Å². The van der Waals surface area contributed by atoms with Crippen LogP contribution in [0.3, 0.4) is 0 Å². The summed E-state index contributed by atoms with van der Waals surface area (Å²) in [5.74, 6) is -1.17. The van der Waals surface area contributed by atoms with Crippen LogP contribution in [0, 0.1) is 5.82 Å². The molecule has 0 spiro atoms. The van der Waals surface area contributed by atoms with E-state index in [1.54, 1.807) is 24.3 Å². The van der Waals surface area contributed by atoms with E-state index in [9.17, 15) is 9.18 Å². The van der Waals surface area contributed by atoms with Crippen molar-refractivity contribution in [2.75, 3.05) is 5.32 Å². The highest BCUT2D eigenvalue weighted by Gasteiger charge is 2.12. The third-order valence-corrected chi connectivity index (χ3v) is 2.87. The molecule has 2 N–H and O–H groups in total. The predicted molar refractivity (Wildman–Crippen MR) is 72.0 cm³/mol. The first-order chi connectivity index (χ1) is 9.10. The molecule has 0 aliphatic carbocycles. The van der Waals surface area contributed by atoms with Crippen molar-refractivity contribution in [1.29, 1.82) is 0 Å². The second kappa shape index (κ2) is 5.71. The minimum absolute atomic E-state index is 0.126. The molecule has 2 aromatic rings. The molecule has 3 nitrogen and oxygen atoms in total. The smallest absolute Gasteiger partial charge is 0.258 e. The van der Waals surface area contributed by atoms with Crippen LogP contribution >= 0.6 is 11.6 Å². The lowest BCUT2D eigenvalue weighted by atomic mass is 10.1. The summed E-state index contributed by atoms with van der Waals surface area (Å²) in [6, 6.07) is 10.3. The summed E-state index contributed by atoms with van der Waals surface area (Å²) in [5.41, 5.74) is 1.35. The summed E-state index contributed by atoms with van der Waals surface area (Å²) in [7, 11) is 0. The van der Waals surface area contributed by atoms with E-state index in [4.69, 9.17) is 16.7 Å². The number of anilines is 1. The molecule has 2 rings (SSSR count). The van der Waals surface area contributed by atoms with Crippen LogP contribution in [0.25, 0.3) is 0 Å². The first kappa shape index (κ1) is 13.4. The monoisotopic (exact) mass is 279 g/mol. The lowest BCUT2D eigenvalue weighted by Gasteiger charge is -2.07. The molecule has 0 bridgehead atoms. The van der Waals surface area contributed by atoms with Gasteiger partial charge in [-0.25, -0.2) is 4.39 Å². The topological polar surface area (TPSA) is 49.3 Å². The van der Waals surface area contributed by atoms with Crippen LogP contribution in [0.15, 0.2) is 42.5 Å². The summed E-state index contributed by atoms with van der Waals surface area (Å²) in [6.07, 6.45) is 0. The second-order valence-corrected chi connectivity index (χ2v) is 4.22. The Morgan fingerprint density at radius 2 is 1.89 bits per heavy atom. The quantitative estimate of drug-likeness (QED) is 0.845. The Hall–Kier alpha value is -2.07. The molecule has 5 heteroatoms. The molecule has 0 saturated heterocycles. The summed E-state index contributed by atoms with van der Waals surface area (Å²) in [5, 5.41) is 11.6. The van der Waals surface area contributed by atoms with Crippen LogP contribution < -0.4 is 5.32 Å². The molecule has 0 saturated carbocycles. The zero-order valence-electron chi connectivity index (χ0n) is 9.86. The minimum atomic E-state index is -0.769. The number of amides is 1. The Labute approximate surface area is 114 Å². The number of phenolic OH excluding ortho intramolecular Hbond substituents is 1. The van der Waals surface area contributed by atoms with Gasteiger partial charge in [0.05, 0.1) is 5.56 Å². The Morgan fingerprint density at radius 3 is 2.47 bits per heavy atom. The molecule has 2 aromatic carbocycles. The van der Waals surface area contributed by atoms with E-state index in [1.165, 1.54) is 12.1 Å². The van der Waals surface area contributed by atoms with Gasteiger partial charge in [0.1, 0.15) is 11.6 Å². The predicted octanol–water partition coefficient (Wildman–Crippen LogP) is 3.52. The van der Waals surface area contributed by atoms with Gasteiger partial charge in [0, 0.05) is 17.6 Å². The average molecular weight is 280 g/mol. The highest BCUT2D eigenvalue weighted by Crippen LogP contribution is 2.17. The molecular formula is C14H11ClFNO2. The number of phenols is 1. The van der Waals surface area contributed by atoms with Gasteiger partial charge in [-0.15, -0.1) is 11.6 Å². The number of aromatic hydroxyl groups is 1. The number of halogens is 2. The minimum Gasteiger partial charge on any atom is -0.508 e. The van der Waals surface area contributed by atoms with Gasteiger partial charge >= 0.3 is 0 Å². The fourth-order valence-corrected chi connectivity index (χ4v) is 1.74. The highest BCUT2D eigenvalue weighted by atomic mass is 35.5. The molecule has 1 amide bonds. The lowest BCUT2D eigenvalue weighted by Crippen LogP contribution is -2.13. The van der Waals surface area contributed by atoms with Gasteiger partial charge in [0.2, 0.25) is 0 Å². The Balaban J connectivity index is 2.15. The number of nitrogens with one attached hydrogen (secondary N) is 1. The maximum atomic E-state index is 13.5. The van der Waals surface area contributed by atoms with Gasteiger partial charge in [0.15, 0.2) is 0 Å². The van der Waals surface area contributed by atoms with Gasteiger partial charge in [-0.3, -0.25) is 4.79 Å². The molecule has 19 heavy (non-hydrogen) atoms. The molecule has 0 aromatic heterocycles. The third kappa shape index (κ3) is 3.23. The molecule has 0 radical (unpaired) electrons. The van der Waals surface area contributed by atoms with Gasteiger partial charge in [-0.05, 0) is 29.8 Å². The standard InChI is InChI=1S/C14H11ClFNO2/c15-8-9-1-3-10(4-2-9)17-14(19)12-6-5-11(18)7-13(12)16/h1-7,18H,8H2,(H,17,19). The molecule has 98 valence electrons. The SMILES string of the molecule is O=C(Nc1ccc(CCl)cc1)c1ccc(O)cc1F. The van der Waals surface area contributed by atoms with Crippen molar-refractivity contribution in [1.82, 2.24) is 0 Å². The van der Waals surface area contributed by atoms with Gasteiger partial charge < -0.3 is 10.4 Å². The third-order valence-electron chi connectivity index (χ3n) is 2.56. The first-order valence-electron chi connectivity index (χ1n) is 5.55. The second-order valence-electron chi connectivity index (χ2n) is 3.95. The maximum absolute atomic E-state index is 13.5. The van der Waals surface area contributed by atoms with Crippen LogP contribution in [-0.4, -0.2) is 11.0 Å². The summed E-state index contributed by atoms with van der Waals surface area (Å²) < 4.78 is 13.5. The molecule has 0 fully saturated rings. The van der Waals surface area contributed by atoms with Gasteiger partial charge in [-0.1, -0.05) is 12.1 Å². The largest absolute Gasteiger partial charge is 0.508 e. The van der Waals surface area contributed by atoms with Crippen LogP contribution in [0.4, 0.5) is 10.1 Å². The van der Waals surface area contributed by atoms with Crippen molar-refractivity contribution in [2.24, 2.45) is 0 Å². The number of benzene rings is 2. The first-order valence-corrected chi connectivity index (χ1v) is 6.08. The van der Waals surface area contributed by atoms with E-state index in [2.05, 4.69) is 5.32 Å². The number of carbonyl (C=O) groups is 1. The van der Waals surface area contributed by atoms with Crippen LogP contribution in [0.5, 0.6) is 5.75 Å². The Morgan fingerprint density at radius 1 is 1.21 bits per heavy atom. The normalized spacial score (nSPS) is 10.2. The van der Waals surface area contributed by atoms with Crippen LogP contribution in [-0.2, 0) is 5.88 Å². The van der Waals surface area contributed by atoms with Crippen molar-refractivity contribution in [3.8, 4) is 5.75 Å². The summed E-state index contributed by atoms with van der Waals surface area (Å²) in [6.45, 7) is 0. The molecular weight excluding hydrogens is 269 g/mol. The summed E-state index contributed by atoms with van der Waals surface area (Å²) in [4.78, 5) is 11.8. The zero-order chi connectivity index (χ0) is 13.8. The molecule has 0 aliphatic heterocycles. The van der Waals surface area contributed by atoms with E-state index >= 15 is 0 Å². The highest BCUT2D eigenvalue weighted by molar-refractivity contribution is 6.17. The number of rotatable bonds is 3. The van der Waals surface area contributed by atoms with Crippen LogP contribution in [0.2, 0.25) is 0 Å². The maximum Gasteiger partial charge on any atom is 0.258 e. The van der Waals surface area contributed by atoms with E-state index in [0.29, 0.717) is 11.6 Å². The zero-order valence-corrected chi connectivity index (χ0v) is 10.6. The Bertz CT molecular complexity index is 599. The van der Waals surface area contributed by atoms with E-state index in [1.807, 2.05) is 0 Å². The average Bonchev–Trinajstić information content (AvgIpc) is 2.39. The fourth-order valence-electron chi connectivity index (χ4n) is 1.56. The number of hydrogen-bond acceptors (Lipinski definition) is 2. The summed E-state index contributed by atoms with van der Waals surface area (Å²) >= 11 is 5.66. The number of hydrogen-bond donors (Lipinski definition) is 2. The fraction of sp³-hybridized carbons (Fsp3) is 0.0714. The van der Waals surface area contributed by atoms with E-state index in [-0.39, 0.29) is 11.3 Å². The van der Waals surface area contributed by atoms with Crippen molar-refractivity contribution in [3.05, 3.63) is 59.4 Å². The van der Waals surface area contributed by atoms with Crippen molar-refractivity contribution in [2.45, 2.75) is 5.88 Å². The van der Waals surface area contributed by atoms with E-state index < -0.39 is 11.7 Å². The number of carbonyl (C=O) groups excluding carboxylic acids is 1. The van der Waals surface area contributed by atoms with Crippen molar-refractivity contribution >= 4 is 23.2 Å². The molecule has 0 atom stereocenters. The molecule has 0 aliphatic rings. The molecule has 0 heterocycles.